The number of hydrogen-bond donors (Lipinski definition) is 1. The molecule has 4 unspecified atom stereocenters. The Kier molecular flexibility index (Phi) is 5.62. The minimum atomic E-state index is -0.388. The van der Waals surface area contributed by atoms with E-state index in [9.17, 15) is 5.26 Å². The molecule has 1 rings (SSSR count). The van der Waals surface area contributed by atoms with Gasteiger partial charge in [-0.1, -0.05) is 13.8 Å². The third-order valence-corrected chi connectivity index (χ3v) is 4.11. The van der Waals surface area contributed by atoms with E-state index >= 15 is 0 Å². The summed E-state index contributed by atoms with van der Waals surface area (Å²) in [5.74, 6) is 0.791. The zero-order valence-electron chi connectivity index (χ0n) is 12.7. The highest BCUT2D eigenvalue weighted by Gasteiger charge is 2.34. The smallest absolute Gasteiger partial charge is 0.105 e. The minimum Gasteiger partial charge on any atom is -0.300 e. The summed E-state index contributed by atoms with van der Waals surface area (Å²) in [6.07, 6.45) is 3.26. The van der Waals surface area contributed by atoms with Gasteiger partial charge in [0.05, 0.1) is 6.07 Å². The highest BCUT2D eigenvalue weighted by Crippen LogP contribution is 2.27. The lowest BCUT2D eigenvalue weighted by Crippen LogP contribution is -2.48. The Hall–Kier alpha value is -0.590. The van der Waals surface area contributed by atoms with Crippen molar-refractivity contribution in [1.29, 1.82) is 5.26 Å². The maximum Gasteiger partial charge on any atom is 0.105 e. The van der Waals surface area contributed by atoms with Crippen molar-refractivity contribution in [1.82, 2.24) is 10.2 Å². The number of hydrogen-bond acceptors (Lipinski definition) is 3. The fourth-order valence-corrected chi connectivity index (χ4v) is 3.21. The van der Waals surface area contributed by atoms with Crippen LogP contribution < -0.4 is 5.32 Å². The molecule has 0 spiro atoms. The van der Waals surface area contributed by atoms with Gasteiger partial charge in [-0.2, -0.15) is 5.26 Å². The molecule has 1 aliphatic rings. The maximum atomic E-state index is 9.39. The lowest BCUT2D eigenvalue weighted by molar-refractivity contribution is 0.168. The van der Waals surface area contributed by atoms with E-state index in [4.69, 9.17) is 0 Å². The summed E-state index contributed by atoms with van der Waals surface area (Å²) in [6.45, 7) is 13.2. The van der Waals surface area contributed by atoms with Crippen LogP contribution in [0.1, 0.15) is 53.9 Å². The Bertz CT molecular complexity index is 297. The van der Waals surface area contributed by atoms with Crippen LogP contribution >= 0.6 is 0 Å². The van der Waals surface area contributed by atoms with Crippen LogP contribution in [0.4, 0.5) is 0 Å². The first-order chi connectivity index (χ1) is 8.41. The van der Waals surface area contributed by atoms with E-state index in [1.165, 1.54) is 13.0 Å². The molecule has 0 bridgehead atoms. The van der Waals surface area contributed by atoms with E-state index in [-0.39, 0.29) is 5.54 Å². The van der Waals surface area contributed by atoms with Gasteiger partial charge in [0.1, 0.15) is 5.54 Å². The zero-order chi connectivity index (χ0) is 13.8. The van der Waals surface area contributed by atoms with Gasteiger partial charge in [0.25, 0.3) is 0 Å². The number of nitrogens with one attached hydrogen (secondary N) is 1. The number of nitriles is 1. The first-order valence-electron chi connectivity index (χ1n) is 7.34. The molecule has 0 amide bonds. The summed E-state index contributed by atoms with van der Waals surface area (Å²) < 4.78 is 0. The molecule has 1 N–H and O–H groups in total. The Balaban J connectivity index is 2.57. The molecule has 1 fully saturated rings. The summed E-state index contributed by atoms with van der Waals surface area (Å²) in [5, 5.41) is 12.8. The molecule has 0 aromatic carbocycles. The van der Waals surface area contributed by atoms with Crippen molar-refractivity contribution in [2.75, 3.05) is 13.1 Å². The van der Waals surface area contributed by atoms with Crippen LogP contribution in [0.2, 0.25) is 0 Å². The van der Waals surface area contributed by atoms with E-state index in [2.05, 4.69) is 44.0 Å². The summed E-state index contributed by atoms with van der Waals surface area (Å²) in [5.41, 5.74) is -0.388. The number of likely N-dealkylation sites (tertiary alicyclic amines) is 1. The van der Waals surface area contributed by atoms with Crippen LogP contribution in [0.5, 0.6) is 0 Å². The van der Waals surface area contributed by atoms with Crippen molar-refractivity contribution < 1.29 is 0 Å². The Labute approximate surface area is 113 Å². The van der Waals surface area contributed by atoms with Gasteiger partial charge in [-0.25, -0.2) is 0 Å². The molecule has 104 valence electrons. The molecule has 3 heteroatoms. The van der Waals surface area contributed by atoms with Crippen molar-refractivity contribution in [3.05, 3.63) is 0 Å². The Morgan fingerprint density at radius 3 is 2.61 bits per heavy atom. The molecule has 0 aliphatic carbocycles. The first-order valence-corrected chi connectivity index (χ1v) is 7.34. The van der Waals surface area contributed by atoms with Crippen molar-refractivity contribution in [2.45, 2.75) is 71.5 Å². The van der Waals surface area contributed by atoms with Gasteiger partial charge in [-0.05, 0) is 52.5 Å². The number of nitrogens with zero attached hydrogens (tertiary/aromatic N) is 2. The predicted molar refractivity (Wildman–Crippen MR) is 76.3 cm³/mol. The summed E-state index contributed by atoms with van der Waals surface area (Å²) >= 11 is 0. The van der Waals surface area contributed by atoms with Gasteiger partial charge in [-0.15, -0.1) is 0 Å². The summed E-state index contributed by atoms with van der Waals surface area (Å²) in [7, 11) is 0. The van der Waals surface area contributed by atoms with Crippen LogP contribution in [0, 0.1) is 17.2 Å². The second-order valence-corrected chi connectivity index (χ2v) is 6.31. The third-order valence-electron chi connectivity index (χ3n) is 4.11. The zero-order valence-corrected chi connectivity index (χ0v) is 12.7. The topological polar surface area (TPSA) is 39.1 Å². The Morgan fingerprint density at radius 1 is 1.50 bits per heavy atom. The molecule has 1 saturated heterocycles. The minimum absolute atomic E-state index is 0.388. The highest BCUT2D eigenvalue weighted by molar-refractivity contribution is 5.06. The van der Waals surface area contributed by atoms with Gasteiger partial charge in [0, 0.05) is 18.6 Å². The van der Waals surface area contributed by atoms with Gasteiger partial charge < -0.3 is 0 Å². The molecule has 0 saturated carbocycles. The summed E-state index contributed by atoms with van der Waals surface area (Å²) in [6, 6.07) is 3.58. The van der Waals surface area contributed by atoms with E-state index in [0.717, 1.165) is 25.3 Å². The summed E-state index contributed by atoms with van der Waals surface area (Å²) in [4.78, 5) is 2.56. The molecular formula is C15H29N3. The van der Waals surface area contributed by atoms with Crippen LogP contribution in [-0.4, -0.2) is 35.6 Å². The van der Waals surface area contributed by atoms with Crippen molar-refractivity contribution in [2.24, 2.45) is 5.92 Å². The van der Waals surface area contributed by atoms with Gasteiger partial charge in [-0.3, -0.25) is 10.2 Å². The fourth-order valence-electron chi connectivity index (χ4n) is 3.21. The molecule has 0 aromatic rings. The van der Waals surface area contributed by atoms with Gasteiger partial charge in [0.2, 0.25) is 0 Å². The van der Waals surface area contributed by atoms with E-state index < -0.39 is 0 Å². The SMILES string of the molecule is CCCNC(C)(C#N)CC(C)N1CC(C)CC1C. The second-order valence-electron chi connectivity index (χ2n) is 6.31. The quantitative estimate of drug-likeness (QED) is 0.789. The molecule has 3 nitrogen and oxygen atoms in total. The van der Waals surface area contributed by atoms with Gasteiger partial charge in [0.15, 0.2) is 0 Å². The van der Waals surface area contributed by atoms with E-state index in [1.54, 1.807) is 0 Å². The molecule has 4 atom stereocenters. The van der Waals surface area contributed by atoms with Crippen LogP contribution in [-0.2, 0) is 0 Å². The second kappa shape index (κ2) is 6.54. The molecule has 18 heavy (non-hydrogen) atoms. The molecule has 1 heterocycles. The average Bonchev–Trinajstić information content (AvgIpc) is 2.66. The first kappa shape index (κ1) is 15.5. The van der Waals surface area contributed by atoms with Crippen LogP contribution in [0.3, 0.4) is 0 Å². The molecule has 1 aliphatic heterocycles. The predicted octanol–water partition coefficient (Wildman–Crippen LogP) is 2.78. The van der Waals surface area contributed by atoms with Crippen LogP contribution in [0.25, 0.3) is 0 Å². The number of rotatable bonds is 6. The Morgan fingerprint density at radius 2 is 2.17 bits per heavy atom. The normalized spacial score (nSPS) is 29.8. The monoisotopic (exact) mass is 251 g/mol. The van der Waals surface area contributed by atoms with E-state index in [0.29, 0.717) is 12.1 Å². The standard InChI is InChI=1S/C15H29N3/c1-6-7-17-15(5,11-16)9-14(4)18-10-12(2)8-13(18)3/h12-14,17H,6-10H2,1-5H3. The van der Waals surface area contributed by atoms with Crippen LogP contribution in [0.15, 0.2) is 0 Å². The van der Waals surface area contributed by atoms with Gasteiger partial charge >= 0.3 is 0 Å². The molecule has 0 radical (unpaired) electrons. The fraction of sp³-hybridized carbons (Fsp3) is 0.933. The molecule has 0 aromatic heterocycles. The largest absolute Gasteiger partial charge is 0.300 e. The third kappa shape index (κ3) is 3.96. The lowest BCUT2D eigenvalue weighted by Gasteiger charge is -2.34. The molecular weight excluding hydrogens is 222 g/mol. The maximum absolute atomic E-state index is 9.39. The average molecular weight is 251 g/mol. The van der Waals surface area contributed by atoms with E-state index in [1.807, 2.05) is 6.92 Å². The lowest BCUT2D eigenvalue weighted by atomic mass is 9.94. The van der Waals surface area contributed by atoms with Crippen molar-refractivity contribution >= 4 is 0 Å². The van der Waals surface area contributed by atoms with Crippen molar-refractivity contribution in [3.63, 3.8) is 0 Å². The van der Waals surface area contributed by atoms with Crippen molar-refractivity contribution in [3.8, 4) is 6.07 Å². The highest BCUT2D eigenvalue weighted by atomic mass is 15.2.